The fraction of sp³-hybridized carbons (Fsp3) is 0.500. The molecular formula is C16H24N2O2Si. The smallest absolute Gasteiger partial charge is 0.354 e. The number of hydrogen-bond donors (Lipinski definition) is 0. The Balaban J connectivity index is 2.24. The molecule has 0 fully saturated rings. The molecule has 0 bridgehead atoms. The second-order valence-corrected chi connectivity index (χ2v) is 12.1. The molecule has 21 heavy (non-hydrogen) atoms. The van der Waals surface area contributed by atoms with Gasteiger partial charge in [0.1, 0.15) is 5.71 Å². The highest BCUT2D eigenvalue weighted by Crippen LogP contribution is 2.30. The highest BCUT2D eigenvalue weighted by atomic mass is 28.3. The SMILES string of the molecule is CCOC(=O)C1=NN(c2ccccc2)C(C[Si](C)(C)C)C1. The third-order valence-corrected chi connectivity index (χ3v) is 5.08. The molecule has 0 amide bonds. The number of hydrazone groups is 1. The van der Waals surface area contributed by atoms with Crippen LogP contribution in [0, 0.1) is 0 Å². The van der Waals surface area contributed by atoms with Gasteiger partial charge in [-0.15, -0.1) is 0 Å². The van der Waals surface area contributed by atoms with Gasteiger partial charge in [0.15, 0.2) is 0 Å². The first-order valence-corrected chi connectivity index (χ1v) is 11.2. The molecule has 1 aliphatic heterocycles. The number of para-hydroxylation sites is 1. The molecular weight excluding hydrogens is 280 g/mol. The van der Waals surface area contributed by atoms with E-state index in [9.17, 15) is 4.79 Å². The van der Waals surface area contributed by atoms with Crippen LogP contribution in [0.5, 0.6) is 0 Å². The summed E-state index contributed by atoms with van der Waals surface area (Å²) in [4.78, 5) is 12.0. The van der Waals surface area contributed by atoms with E-state index in [1.54, 1.807) is 0 Å². The first kappa shape index (κ1) is 15.8. The first-order valence-electron chi connectivity index (χ1n) is 7.49. The van der Waals surface area contributed by atoms with Gasteiger partial charge in [-0.1, -0.05) is 37.8 Å². The Morgan fingerprint density at radius 3 is 2.57 bits per heavy atom. The molecule has 0 aromatic heterocycles. The lowest BCUT2D eigenvalue weighted by Crippen LogP contribution is -2.35. The number of ether oxygens (including phenoxy) is 1. The van der Waals surface area contributed by atoms with Crippen molar-refractivity contribution in [1.82, 2.24) is 0 Å². The lowest BCUT2D eigenvalue weighted by molar-refractivity contribution is -0.135. The zero-order valence-corrected chi connectivity index (χ0v) is 14.3. The molecule has 1 aromatic rings. The topological polar surface area (TPSA) is 41.9 Å². The van der Waals surface area contributed by atoms with Crippen molar-refractivity contribution in [3.05, 3.63) is 30.3 Å². The highest BCUT2D eigenvalue weighted by molar-refractivity contribution is 6.76. The number of carbonyl (C=O) groups is 1. The summed E-state index contributed by atoms with van der Waals surface area (Å²) in [7, 11) is -1.25. The van der Waals surface area contributed by atoms with Gasteiger partial charge in [-0.05, 0) is 25.1 Å². The molecule has 0 spiro atoms. The molecule has 1 aliphatic rings. The number of nitrogens with zero attached hydrogens (tertiary/aromatic N) is 2. The van der Waals surface area contributed by atoms with Gasteiger partial charge < -0.3 is 4.74 Å². The fourth-order valence-electron chi connectivity index (χ4n) is 2.62. The molecule has 2 rings (SSSR count). The largest absolute Gasteiger partial charge is 0.461 e. The summed E-state index contributed by atoms with van der Waals surface area (Å²) in [6.45, 7) is 9.25. The van der Waals surface area contributed by atoms with E-state index in [2.05, 4.69) is 24.7 Å². The van der Waals surface area contributed by atoms with Crippen molar-refractivity contribution in [1.29, 1.82) is 0 Å². The van der Waals surface area contributed by atoms with Crippen LogP contribution in [0.4, 0.5) is 5.69 Å². The molecule has 5 heteroatoms. The molecule has 0 saturated carbocycles. The predicted molar refractivity (Wildman–Crippen MR) is 89.5 cm³/mol. The van der Waals surface area contributed by atoms with Gasteiger partial charge in [0.25, 0.3) is 0 Å². The normalized spacial score (nSPS) is 18.6. The molecule has 1 heterocycles. The summed E-state index contributed by atoms with van der Waals surface area (Å²) in [5.41, 5.74) is 1.59. The predicted octanol–water partition coefficient (Wildman–Crippen LogP) is 3.52. The average Bonchev–Trinajstić information content (AvgIpc) is 2.82. The van der Waals surface area contributed by atoms with E-state index in [4.69, 9.17) is 4.74 Å². The maximum absolute atomic E-state index is 12.0. The van der Waals surface area contributed by atoms with E-state index in [0.717, 1.165) is 11.7 Å². The van der Waals surface area contributed by atoms with Gasteiger partial charge in [-0.2, -0.15) is 5.10 Å². The molecule has 4 nitrogen and oxygen atoms in total. The first-order chi connectivity index (χ1) is 9.90. The van der Waals surface area contributed by atoms with Gasteiger partial charge in [0, 0.05) is 14.5 Å². The van der Waals surface area contributed by atoms with Crippen LogP contribution in [0.25, 0.3) is 0 Å². The maximum atomic E-state index is 12.0. The van der Waals surface area contributed by atoms with Crippen molar-refractivity contribution in [2.45, 2.75) is 45.1 Å². The number of anilines is 1. The minimum Gasteiger partial charge on any atom is -0.461 e. The number of hydrogen-bond acceptors (Lipinski definition) is 4. The summed E-state index contributed by atoms with van der Waals surface area (Å²) in [5, 5.41) is 6.54. The van der Waals surface area contributed by atoms with Gasteiger partial charge in [-0.25, -0.2) is 4.79 Å². The van der Waals surface area contributed by atoms with Gasteiger partial charge >= 0.3 is 5.97 Å². The standard InChI is InChI=1S/C16H24N2O2Si/c1-5-20-16(19)15-11-14(12-21(2,3)4)18(17-15)13-9-7-6-8-10-13/h6-10,14H,5,11-12H2,1-4H3. The molecule has 0 N–H and O–H groups in total. The van der Waals surface area contributed by atoms with Crippen molar-refractivity contribution in [2.24, 2.45) is 5.10 Å². The third kappa shape index (κ3) is 4.17. The average molecular weight is 304 g/mol. The van der Waals surface area contributed by atoms with Crippen LogP contribution in [0.15, 0.2) is 35.4 Å². The van der Waals surface area contributed by atoms with E-state index in [-0.39, 0.29) is 12.0 Å². The van der Waals surface area contributed by atoms with E-state index >= 15 is 0 Å². The monoisotopic (exact) mass is 304 g/mol. The summed E-state index contributed by atoms with van der Waals surface area (Å²) in [6, 6.07) is 11.4. The zero-order chi connectivity index (χ0) is 15.5. The Hall–Kier alpha value is -1.62. The van der Waals surface area contributed by atoms with Crippen LogP contribution < -0.4 is 5.01 Å². The Labute approximate surface area is 127 Å². The Morgan fingerprint density at radius 1 is 1.33 bits per heavy atom. The lowest BCUT2D eigenvalue weighted by atomic mass is 10.1. The van der Waals surface area contributed by atoms with Crippen LogP contribution in [-0.4, -0.2) is 32.4 Å². The molecule has 0 aliphatic carbocycles. The van der Waals surface area contributed by atoms with E-state index in [1.807, 2.05) is 42.3 Å². The van der Waals surface area contributed by atoms with Crippen molar-refractivity contribution in [3.8, 4) is 0 Å². The second kappa shape index (κ2) is 6.43. The molecule has 1 unspecified atom stereocenters. The molecule has 0 radical (unpaired) electrons. The minimum absolute atomic E-state index is 0.262. The minimum atomic E-state index is -1.25. The second-order valence-electron chi connectivity index (χ2n) is 6.57. The van der Waals surface area contributed by atoms with Crippen molar-refractivity contribution in [2.75, 3.05) is 11.6 Å². The van der Waals surface area contributed by atoms with Crippen LogP contribution in [0.2, 0.25) is 25.7 Å². The Bertz CT molecular complexity index is 523. The number of benzene rings is 1. The lowest BCUT2D eigenvalue weighted by Gasteiger charge is -2.28. The number of esters is 1. The molecule has 114 valence electrons. The number of carbonyl (C=O) groups excluding carboxylic acids is 1. The van der Waals surface area contributed by atoms with Gasteiger partial charge in [-0.3, -0.25) is 5.01 Å². The van der Waals surface area contributed by atoms with Crippen LogP contribution in [0.3, 0.4) is 0 Å². The summed E-state index contributed by atoms with van der Waals surface area (Å²) < 4.78 is 5.10. The van der Waals surface area contributed by atoms with Gasteiger partial charge in [0.2, 0.25) is 0 Å². The quantitative estimate of drug-likeness (QED) is 0.617. The van der Waals surface area contributed by atoms with Crippen molar-refractivity contribution in [3.63, 3.8) is 0 Å². The summed E-state index contributed by atoms with van der Waals surface area (Å²) >= 11 is 0. The maximum Gasteiger partial charge on any atom is 0.354 e. The highest BCUT2D eigenvalue weighted by Gasteiger charge is 2.34. The Morgan fingerprint density at radius 2 is 2.00 bits per heavy atom. The van der Waals surface area contributed by atoms with Crippen LogP contribution in [-0.2, 0) is 9.53 Å². The zero-order valence-electron chi connectivity index (χ0n) is 13.3. The van der Waals surface area contributed by atoms with Gasteiger partial charge in [0.05, 0.1) is 18.3 Å². The summed E-state index contributed by atoms with van der Waals surface area (Å²) in [5.74, 6) is -0.281. The fourth-order valence-corrected chi connectivity index (χ4v) is 4.35. The van der Waals surface area contributed by atoms with Crippen LogP contribution in [0.1, 0.15) is 13.3 Å². The molecule has 1 aromatic carbocycles. The molecule has 0 saturated heterocycles. The van der Waals surface area contributed by atoms with E-state index in [0.29, 0.717) is 18.7 Å². The van der Waals surface area contributed by atoms with Crippen molar-refractivity contribution >= 4 is 25.4 Å². The number of rotatable bonds is 5. The van der Waals surface area contributed by atoms with E-state index < -0.39 is 8.07 Å². The van der Waals surface area contributed by atoms with E-state index in [1.165, 1.54) is 0 Å². The van der Waals surface area contributed by atoms with Crippen LogP contribution >= 0.6 is 0 Å². The Kier molecular flexibility index (Phi) is 4.83. The molecule has 1 atom stereocenters. The summed E-state index contributed by atoms with van der Waals surface area (Å²) in [6.07, 6.45) is 0.679. The van der Waals surface area contributed by atoms with Crippen molar-refractivity contribution < 1.29 is 9.53 Å². The third-order valence-electron chi connectivity index (χ3n) is 3.38.